The normalized spacial score (nSPS) is 31.1. The van der Waals surface area contributed by atoms with Gasteiger partial charge in [0.1, 0.15) is 36.2 Å². The number of nitrogens with one attached hydrogen (secondary N) is 1. The third-order valence-corrected chi connectivity index (χ3v) is 9.78. The first kappa shape index (κ1) is 30.2. The smallest absolute Gasteiger partial charge is 0.237 e. The Morgan fingerprint density at radius 2 is 1.82 bits per heavy atom. The molecule has 2 fully saturated rings. The molecule has 214 valence electrons. The maximum atomic E-state index is 13.6. The second kappa shape index (κ2) is 13.8. The summed E-state index contributed by atoms with van der Waals surface area (Å²) in [6, 6.07) is 7.13. The fraction of sp³-hybridized carbons (Fsp3) is 0.607. The van der Waals surface area contributed by atoms with E-state index in [9.17, 15) is 20.1 Å². The van der Waals surface area contributed by atoms with Gasteiger partial charge in [0, 0.05) is 34.6 Å². The summed E-state index contributed by atoms with van der Waals surface area (Å²) in [6.45, 7) is 5.02. The molecule has 9 atom stereocenters. The number of rotatable bonds is 10. The van der Waals surface area contributed by atoms with Gasteiger partial charge in [-0.3, -0.25) is 9.69 Å². The number of benzene rings is 1. The van der Waals surface area contributed by atoms with E-state index >= 15 is 0 Å². The lowest BCUT2D eigenvalue weighted by atomic mass is 9.92. The summed E-state index contributed by atoms with van der Waals surface area (Å²) in [5, 5.41) is 35.0. The molecule has 1 aromatic carbocycles. The largest absolute Gasteiger partial charge is 0.388 e. The average Bonchev–Trinajstić information content (AvgIpc) is 3.32. The Balaban J connectivity index is 1.54. The number of carbonyl (C=O) groups is 1. The lowest BCUT2D eigenvalue weighted by molar-refractivity contribution is -0.205. The van der Waals surface area contributed by atoms with Gasteiger partial charge in [0.25, 0.3) is 0 Å². The molecule has 1 amide bonds. The number of ether oxygens (including phenoxy) is 1. The number of likely N-dealkylation sites (tertiary alicyclic amines) is 1. The number of amides is 1. The molecule has 2 aliphatic rings. The molecule has 4 rings (SSSR count). The van der Waals surface area contributed by atoms with Crippen molar-refractivity contribution in [1.82, 2.24) is 20.2 Å². The minimum atomic E-state index is -1.38. The lowest BCUT2D eigenvalue weighted by Crippen LogP contribution is -2.65. The number of hydrogen-bond donors (Lipinski definition) is 4. The van der Waals surface area contributed by atoms with Crippen LogP contribution in [-0.2, 0) is 9.53 Å². The Labute approximate surface area is 239 Å². The summed E-state index contributed by atoms with van der Waals surface area (Å²) in [6.07, 6.45) is 4.89. The molecule has 0 radical (unpaired) electrons. The molecule has 39 heavy (non-hydrogen) atoms. The molecule has 0 aliphatic carbocycles. The molecule has 11 heteroatoms. The summed E-state index contributed by atoms with van der Waals surface area (Å²) in [5.74, 6) is 0.369. The monoisotopic (exact) mass is 576 g/mol. The van der Waals surface area contributed by atoms with Crippen LogP contribution in [0.3, 0.4) is 0 Å². The van der Waals surface area contributed by atoms with Crippen molar-refractivity contribution in [2.24, 2.45) is 5.92 Å². The number of carbonyl (C=O) groups excluding carboxylic acids is 1. The van der Waals surface area contributed by atoms with Crippen LogP contribution < -0.4 is 5.32 Å². The summed E-state index contributed by atoms with van der Waals surface area (Å²) >= 11 is 2.82. The zero-order valence-corrected chi connectivity index (χ0v) is 24.5. The summed E-state index contributed by atoms with van der Waals surface area (Å²) in [5.41, 5.74) is 1.19. The van der Waals surface area contributed by atoms with Crippen molar-refractivity contribution in [3.8, 4) is 11.1 Å². The van der Waals surface area contributed by atoms with Crippen LogP contribution in [0.5, 0.6) is 0 Å². The highest BCUT2D eigenvalue weighted by Gasteiger charge is 2.48. The first-order valence-electron chi connectivity index (χ1n) is 13.5. The number of thioether (sulfide) groups is 2. The van der Waals surface area contributed by atoms with Crippen LogP contribution in [0, 0.1) is 5.92 Å². The van der Waals surface area contributed by atoms with E-state index in [1.807, 2.05) is 38.2 Å². The first-order valence-corrected chi connectivity index (χ1v) is 15.6. The van der Waals surface area contributed by atoms with E-state index in [0.29, 0.717) is 5.92 Å². The van der Waals surface area contributed by atoms with Gasteiger partial charge in [-0.2, -0.15) is 0 Å². The predicted octanol–water partition coefficient (Wildman–Crippen LogP) is 2.40. The van der Waals surface area contributed by atoms with Crippen molar-refractivity contribution in [2.75, 3.05) is 19.8 Å². The van der Waals surface area contributed by atoms with Gasteiger partial charge in [0.15, 0.2) is 0 Å². The van der Waals surface area contributed by atoms with E-state index in [0.717, 1.165) is 41.8 Å². The van der Waals surface area contributed by atoms with Crippen molar-refractivity contribution in [3.63, 3.8) is 0 Å². The molecule has 4 N–H and O–H groups in total. The van der Waals surface area contributed by atoms with E-state index < -0.39 is 35.9 Å². The molecule has 0 saturated carbocycles. The van der Waals surface area contributed by atoms with E-state index in [-0.39, 0.29) is 17.2 Å². The van der Waals surface area contributed by atoms with Gasteiger partial charge in [-0.15, -0.1) is 23.5 Å². The van der Waals surface area contributed by atoms with Gasteiger partial charge in [0.2, 0.25) is 5.91 Å². The summed E-state index contributed by atoms with van der Waals surface area (Å²) < 4.78 is 6.13. The highest BCUT2D eigenvalue weighted by molar-refractivity contribution is 8.00. The number of nitrogens with zero attached hydrogens (tertiary/aromatic N) is 3. The van der Waals surface area contributed by atoms with Crippen LogP contribution >= 0.6 is 23.5 Å². The van der Waals surface area contributed by atoms with E-state index in [1.165, 1.54) is 18.1 Å². The summed E-state index contributed by atoms with van der Waals surface area (Å²) in [7, 11) is 1.97. The van der Waals surface area contributed by atoms with Gasteiger partial charge in [-0.05, 0) is 49.8 Å². The molecule has 0 spiro atoms. The van der Waals surface area contributed by atoms with E-state index in [2.05, 4.69) is 27.1 Å². The van der Waals surface area contributed by atoms with Gasteiger partial charge >= 0.3 is 0 Å². The van der Waals surface area contributed by atoms with Gasteiger partial charge in [-0.1, -0.05) is 32.4 Å². The maximum Gasteiger partial charge on any atom is 0.237 e. The highest BCUT2D eigenvalue weighted by Crippen LogP contribution is 2.35. The predicted molar refractivity (Wildman–Crippen MR) is 154 cm³/mol. The zero-order chi connectivity index (χ0) is 28.1. The molecular formula is C28H40N4O5S2. The molecule has 2 aliphatic heterocycles. The Hall–Kier alpha value is -1.73. The summed E-state index contributed by atoms with van der Waals surface area (Å²) in [4.78, 5) is 24.8. The van der Waals surface area contributed by atoms with Crippen LogP contribution in [0.2, 0.25) is 0 Å². The molecule has 0 bridgehead atoms. The van der Waals surface area contributed by atoms with E-state index in [4.69, 9.17) is 4.74 Å². The molecule has 2 aromatic rings. The zero-order valence-electron chi connectivity index (χ0n) is 22.9. The molecule has 2 saturated heterocycles. The fourth-order valence-corrected chi connectivity index (χ4v) is 7.36. The van der Waals surface area contributed by atoms with Crippen molar-refractivity contribution < 1.29 is 24.9 Å². The van der Waals surface area contributed by atoms with Crippen LogP contribution in [-0.4, -0.2) is 103 Å². The minimum Gasteiger partial charge on any atom is -0.388 e. The van der Waals surface area contributed by atoms with Crippen LogP contribution in [0.25, 0.3) is 11.1 Å². The van der Waals surface area contributed by atoms with Crippen LogP contribution in [0.1, 0.15) is 33.1 Å². The molecule has 1 unspecified atom stereocenters. The molecular weight excluding hydrogens is 536 g/mol. The number of likely N-dealkylation sites (N-methyl/N-ethyl adjacent to an activating group) is 1. The van der Waals surface area contributed by atoms with Crippen LogP contribution in [0.4, 0.5) is 0 Å². The van der Waals surface area contributed by atoms with Gasteiger partial charge in [0.05, 0.1) is 12.1 Å². The lowest BCUT2D eigenvalue weighted by Gasteiger charge is -2.44. The second-order valence-corrected chi connectivity index (χ2v) is 12.9. The topological polar surface area (TPSA) is 128 Å². The molecule has 3 heterocycles. The Morgan fingerprint density at radius 1 is 1.13 bits per heavy atom. The maximum absolute atomic E-state index is 13.6. The third-order valence-electron chi connectivity index (χ3n) is 7.71. The molecule has 1 aromatic heterocycles. The number of aliphatic hydroxyl groups excluding tert-OH is 3. The fourth-order valence-electron chi connectivity index (χ4n) is 5.58. The highest BCUT2D eigenvalue weighted by atomic mass is 32.2. The van der Waals surface area contributed by atoms with Crippen molar-refractivity contribution >= 4 is 29.4 Å². The Morgan fingerprint density at radius 3 is 2.46 bits per heavy atom. The molecule has 9 nitrogen and oxygen atoms in total. The van der Waals surface area contributed by atoms with Crippen molar-refractivity contribution in [2.45, 2.75) is 85.2 Å². The first-order chi connectivity index (χ1) is 18.7. The number of aromatic nitrogens is 2. The minimum absolute atomic E-state index is 0.106. The number of hydrogen-bond acceptors (Lipinski definition) is 10. The van der Waals surface area contributed by atoms with E-state index in [1.54, 1.807) is 30.4 Å². The SMILES string of the molecule is CCC[C@@H]1C[C@@H](C(=O)NC([C@H]2O[C@H](SC)[C@H](O)[C@@H](O)[C@H]2O)[C@@H](C)Sc2ccc(-c3cncnc3)cc2)N(C)C1. The van der Waals surface area contributed by atoms with Crippen molar-refractivity contribution in [1.29, 1.82) is 0 Å². The Bertz CT molecular complexity index is 1060. The third kappa shape index (κ3) is 7.13. The Kier molecular flexibility index (Phi) is 10.7. The van der Waals surface area contributed by atoms with Crippen molar-refractivity contribution in [3.05, 3.63) is 43.0 Å². The standard InChI is InChI=1S/C28H40N4O5S2/c1-5-6-17-11-21(32(3)14-17)27(36)31-22(26-24(34)23(33)25(35)28(37-26)38-4)16(2)39-20-9-7-18(8-10-20)19-12-29-15-30-13-19/h7-10,12-13,15-17,21-26,28,33-35H,5-6,11,14H2,1-4H3,(H,31,36)/t16-,17-,21+,22?,23+,24-,25-,26-,28-/m1/s1. The van der Waals surface area contributed by atoms with Gasteiger partial charge < -0.3 is 25.4 Å². The second-order valence-electron chi connectivity index (χ2n) is 10.5. The average molecular weight is 577 g/mol. The quantitative estimate of drug-likeness (QED) is 0.313. The number of aliphatic hydroxyl groups is 3. The van der Waals surface area contributed by atoms with Gasteiger partial charge in [-0.25, -0.2) is 9.97 Å². The van der Waals surface area contributed by atoms with Crippen LogP contribution in [0.15, 0.2) is 47.9 Å².